The zero-order valence-corrected chi connectivity index (χ0v) is 15.5. The van der Waals surface area contributed by atoms with E-state index in [0.29, 0.717) is 30.1 Å². The minimum Gasteiger partial charge on any atom is -0.491 e. The Hall–Kier alpha value is -2.70. The molecular formula is C21H24O6. The Morgan fingerprint density at radius 1 is 0.852 bits per heavy atom. The van der Waals surface area contributed by atoms with E-state index < -0.39 is 5.60 Å². The van der Waals surface area contributed by atoms with Crippen LogP contribution in [0.1, 0.15) is 34.6 Å². The highest BCUT2D eigenvalue weighted by Gasteiger charge is 2.24. The molecule has 0 atom stereocenters. The van der Waals surface area contributed by atoms with Crippen molar-refractivity contribution >= 4 is 11.8 Å². The highest BCUT2D eigenvalue weighted by Crippen LogP contribution is 2.17. The first-order valence-corrected chi connectivity index (χ1v) is 8.68. The minimum atomic E-state index is -1.40. The quantitative estimate of drug-likeness (QED) is 0.392. The van der Waals surface area contributed by atoms with Gasteiger partial charge in [-0.15, -0.1) is 0 Å². The van der Waals surface area contributed by atoms with Crippen LogP contribution < -0.4 is 4.74 Å². The van der Waals surface area contributed by atoms with E-state index in [9.17, 15) is 14.7 Å². The number of aliphatic hydroxyl groups is 1. The zero-order valence-electron chi connectivity index (χ0n) is 15.5. The number of Topliss-reactive ketones (excluding diaryl/α,β-unsaturated/α-hetero) is 1. The largest absolute Gasteiger partial charge is 0.491 e. The summed E-state index contributed by atoms with van der Waals surface area (Å²) >= 11 is 0. The van der Waals surface area contributed by atoms with E-state index in [1.807, 2.05) is 6.07 Å². The SMILES string of the molecule is CC(C)(O)C(=O)c1ccc(OCCOCCOC(=O)c2ccccc2)cc1. The van der Waals surface area contributed by atoms with Gasteiger partial charge in [0, 0.05) is 5.56 Å². The second-order valence-electron chi connectivity index (χ2n) is 6.38. The van der Waals surface area contributed by atoms with Gasteiger partial charge >= 0.3 is 5.97 Å². The first-order chi connectivity index (χ1) is 12.9. The van der Waals surface area contributed by atoms with Gasteiger partial charge in [-0.05, 0) is 50.2 Å². The van der Waals surface area contributed by atoms with E-state index in [2.05, 4.69) is 0 Å². The topological polar surface area (TPSA) is 82.1 Å². The van der Waals surface area contributed by atoms with Crippen LogP contribution in [0, 0.1) is 0 Å². The Morgan fingerprint density at radius 2 is 1.48 bits per heavy atom. The van der Waals surface area contributed by atoms with Crippen LogP contribution in [-0.4, -0.2) is 48.9 Å². The smallest absolute Gasteiger partial charge is 0.338 e. The normalized spacial score (nSPS) is 11.1. The number of carbonyl (C=O) groups excluding carboxylic acids is 2. The lowest BCUT2D eigenvalue weighted by Gasteiger charge is -2.15. The molecule has 0 aliphatic rings. The first kappa shape index (κ1) is 20.6. The van der Waals surface area contributed by atoms with Crippen molar-refractivity contribution in [3.63, 3.8) is 0 Å². The van der Waals surface area contributed by atoms with Gasteiger partial charge in [-0.1, -0.05) is 18.2 Å². The molecular weight excluding hydrogens is 348 g/mol. The van der Waals surface area contributed by atoms with E-state index in [1.165, 1.54) is 13.8 Å². The third kappa shape index (κ3) is 6.84. The number of hydrogen-bond donors (Lipinski definition) is 1. The Bertz CT molecular complexity index is 732. The Morgan fingerprint density at radius 3 is 2.11 bits per heavy atom. The molecule has 0 heterocycles. The molecule has 1 N–H and O–H groups in total. The van der Waals surface area contributed by atoms with E-state index in [-0.39, 0.29) is 25.0 Å². The fourth-order valence-corrected chi connectivity index (χ4v) is 2.23. The average Bonchev–Trinajstić information content (AvgIpc) is 2.67. The number of carbonyl (C=O) groups is 2. The summed E-state index contributed by atoms with van der Waals surface area (Å²) in [6.45, 7) is 4.02. The molecule has 2 aromatic carbocycles. The molecule has 0 unspecified atom stereocenters. The number of benzene rings is 2. The van der Waals surface area contributed by atoms with Gasteiger partial charge in [-0.2, -0.15) is 0 Å². The molecule has 0 aliphatic carbocycles. The summed E-state index contributed by atoms with van der Waals surface area (Å²) in [5, 5.41) is 9.72. The van der Waals surface area contributed by atoms with Gasteiger partial charge in [0.25, 0.3) is 0 Å². The van der Waals surface area contributed by atoms with Crippen molar-refractivity contribution in [3.8, 4) is 5.75 Å². The fraction of sp³-hybridized carbons (Fsp3) is 0.333. The highest BCUT2D eigenvalue weighted by molar-refractivity contribution is 6.01. The summed E-state index contributed by atoms with van der Waals surface area (Å²) in [6, 6.07) is 15.3. The van der Waals surface area contributed by atoms with Crippen LogP contribution in [-0.2, 0) is 9.47 Å². The molecule has 0 amide bonds. The Balaban J connectivity index is 1.60. The molecule has 0 spiro atoms. The van der Waals surface area contributed by atoms with E-state index in [1.54, 1.807) is 48.5 Å². The molecule has 0 fully saturated rings. The number of esters is 1. The summed E-state index contributed by atoms with van der Waals surface area (Å²) < 4.78 is 16.0. The van der Waals surface area contributed by atoms with Crippen LogP contribution in [0.4, 0.5) is 0 Å². The fourth-order valence-electron chi connectivity index (χ4n) is 2.23. The van der Waals surface area contributed by atoms with Crippen molar-refractivity contribution in [2.45, 2.75) is 19.4 Å². The van der Waals surface area contributed by atoms with E-state index >= 15 is 0 Å². The summed E-state index contributed by atoms with van der Waals surface area (Å²) in [6.07, 6.45) is 0. The molecule has 144 valence electrons. The number of ether oxygens (including phenoxy) is 3. The molecule has 0 saturated carbocycles. The number of hydrogen-bond acceptors (Lipinski definition) is 6. The second kappa shape index (κ2) is 9.85. The molecule has 0 aliphatic heterocycles. The molecule has 0 bridgehead atoms. The van der Waals surface area contributed by atoms with E-state index in [0.717, 1.165) is 0 Å². The zero-order chi connectivity index (χ0) is 19.7. The maximum absolute atomic E-state index is 11.9. The molecule has 0 radical (unpaired) electrons. The number of rotatable bonds is 10. The van der Waals surface area contributed by atoms with Crippen molar-refractivity contribution in [2.75, 3.05) is 26.4 Å². The third-order valence-electron chi connectivity index (χ3n) is 3.64. The van der Waals surface area contributed by atoms with Gasteiger partial charge in [-0.25, -0.2) is 4.79 Å². The van der Waals surface area contributed by atoms with Gasteiger partial charge in [0.15, 0.2) is 5.78 Å². The molecule has 6 nitrogen and oxygen atoms in total. The summed E-state index contributed by atoms with van der Waals surface area (Å²) in [4.78, 5) is 23.6. The summed E-state index contributed by atoms with van der Waals surface area (Å²) in [7, 11) is 0. The predicted octanol–water partition coefficient (Wildman–Crippen LogP) is 2.89. The summed E-state index contributed by atoms with van der Waals surface area (Å²) in [5.74, 6) is -0.125. The lowest BCUT2D eigenvalue weighted by Crippen LogP contribution is -2.30. The van der Waals surface area contributed by atoms with Gasteiger partial charge in [0.2, 0.25) is 0 Å². The molecule has 2 rings (SSSR count). The summed E-state index contributed by atoms with van der Waals surface area (Å²) in [5.41, 5.74) is -0.473. The Labute approximate surface area is 158 Å². The third-order valence-corrected chi connectivity index (χ3v) is 3.64. The molecule has 0 aromatic heterocycles. The van der Waals surface area contributed by atoms with Gasteiger partial charge in [-0.3, -0.25) is 4.79 Å². The monoisotopic (exact) mass is 372 g/mol. The number of ketones is 1. The molecule has 27 heavy (non-hydrogen) atoms. The molecule has 0 saturated heterocycles. The van der Waals surface area contributed by atoms with E-state index in [4.69, 9.17) is 14.2 Å². The Kier molecular flexibility index (Phi) is 7.52. The highest BCUT2D eigenvalue weighted by atomic mass is 16.6. The molecule has 6 heteroatoms. The van der Waals surface area contributed by atoms with Gasteiger partial charge in [0.05, 0.1) is 18.8 Å². The lowest BCUT2D eigenvalue weighted by atomic mass is 9.97. The lowest BCUT2D eigenvalue weighted by molar-refractivity contribution is 0.0273. The van der Waals surface area contributed by atoms with Gasteiger partial charge in [0.1, 0.15) is 24.6 Å². The predicted molar refractivity (Wildman–Crippen MR) is 100 cm³/mol. The van der Waals surface area contributed by atoms with Crippen molar-refractivity contribution in [2.24, 2.45) is 0 Å². The van der Waals surface area contributed by atoms with Crippen LogP contribution >= 0.6 is 0 Å². The maximum Gasteiger partial charge on any atom is 0.338 e. The van der Waals surface area contributed by atoms with Crippen molar-refractivity contribution in [1.82, 2.24) is 0 Å². The average molecular weight is 372 g/mol. The van der Waals surface area contributed by atoms with Crippen molar-refractivity contribution in [1.29, 1.82) is 0 Å². The van der Waals surface area contributed by atoms with Crippen LogP contribution in [0.15, 0.2) is 54.6 Å². The van der Waals surface area contributed by atoms with Crippen LogP contribution in [0.25, 0.3) is 0 Å². The maximum atomic E-state index is 11.9. The molecule has 2 aromatic rings. The van der Waals surface area contributed by atoms with Crippen molar-refractivity contribution in [3.05, 3.63) is 65.7 Å². The first-order valence-electron chi connectivity index (χ1n) is 8.68. The second-order valence-corrected chi connectivity index (χ2v) is 6.38. The standard InChI is InChI=1S/C21H24O6/c1-21(2,24)19(22)16-8-10-18(11-9-16)26-14-12-25-13-15-27-20(23)17-6-4-3-5-7-17/h3-11,24H,12-15H2,1-2H3. The van der Waals surface area contributed by atoms with Crippen LogP contribution in [0.3, 0.4) is 0 Å². The minimum absolute atomic E-state index is 0.168. The van der Waals surface area contributed by atoms with Crippen molar-refractivity contribution < 1.29 is 28.9 Å². The van der Waals surface area contributed by atoms with Gasteiger partial charge < -0.3 is 19.3 Å². The van der Waals surface area contributed by atoms with Crippen LogP contribution in [0.2, 0.25) is 0 Å². The van der Waals surface area contributed by atoms with Crippen LogP contribution in [0.5, 0.6) is 5.75 Å².